The van der Waals surface area contributed by atoms with E-state index in [0.29, 0.717) is 5.75 Å². The number of phenols is 1. The molecule has 0 bridgehead atoms. The van der Waals surface area contributed by atoms with Crippen molar-refractivity contribution in [3.8, 4) is 11.5 Å². The van der Waals surface area contributed by atoms with Crippen molar-refractivity contribution in [1.29, 1.82) is 0 Å². The summed E-state index contributed by atoms with van der Waals surface area (Å²) in [5.41, 5.74) is 0. The second-order valence-electron chi connectivity index (χ2n) is 2.09. The summed E-state index contributed by atoms with van der Waals surface area (Å²) in [6.45, 7) is 1.33. The minimum absolute atomic E-state index is 0. The number of hydrogen-bond acceptors (Lipinski definition) is 3. The first-order chi connectivity index (χ1) is 5.18. The summed E-state index contributed by atoms with van der Waals surface area (Å²) in [7, 11) is 0. The quantitative estimate of drug-likeness (QED) is 0.373. The zero-order valence-corrected chi connectivity index (χ0v) is 6.07. The Morgan fingerprint density at radius 3 is 2.25 bits per heavy atom. The van der Waals surface area contributed by atoms with E-state index in [-0.39, 0.29) is 30.6 Å². The van der Waals surface area contributed by atoms with Gasteiger partial charge in [-0.05, 0) is 24.3 Å². The van der Waals surface area contributed by atoms with E-state index in [1.807, 2.05) is 0 Å². The van der Waals surface area contributed by atoms with Crippen molar-refractivity contribution in [3.63, 3.8) is 0 Å². The van der Waals surface area contributed by atoms with Crippen LogP contribution in [0.3, 0.4) is 0 Å². The molecule has 0 aliphatic rings. The zero-order chi connectivity index (χ0) is 8.27. The summed E-state index contributed by atoms with van der Waals surface area (Å²) in [6.07, 6.45) is 0. The second-order valence-corrected chi connectivity index (χ2v) is 2.09. The first-order valence-electron chi connectivity index (χ1n) is 3.16. The summed E-state index contributed by atoms with van der Waals surface area (Å²) in [5.74, 6) is 0.229. The summed E-state index contributed by atoms with van der Waals surface area (Å²) in [4.78, 5) is 10.4. The molecule has 1 rings (SSSR count). The Labute approximate surface area is 82.5 Å². The van der Waals surface area contributed by atoms with E-state index in [1.165, 1.54) is 31.2 Å². The molecule has 0 aliphatic heterocycles. The average Bonchev–Trinajstić information content (AvgIpc) is 1.93. The standard InChI is InChI=1S/C8H8O3.Li.H/c1-6(9)11-8-4-2-7(10)3-5-8;;/h2-5,10H,1H3;;. The molecule has 60 valence electrons. The van der Waals surface area contributed by atoms with E-state index < -0.39 is 0 Å². The molecule has 1 N–H and O–H groups in total. The number of aromatic hydroxyl groups is 1. The van der Waals surface area contributed by atoms with E-state index in [4.69, 9.17) is 9.84 Å². The van der Waals surface area contributed by atoms with E-state index in [2.05, 4.69) is 0 Å². The van der Waals surface area contributed by atoms with Gasteiger partial charge in [-0.1, -0.05) is 0 Å². The van der Waals surface area contributed by atoms with Crippen molar-refractivity contribution >= 4 is 24.8 Å². The van der Waals surface area contributed by atoms with E-state index in [9.17, 15) is 4.79 Å². The first kappa shape index (κ1) is 11.1. The molecule has 1 aromatic carbocycles. The Balaban J connectivity index is 0.00000121. The van der Waals surface area contributed by atoms with E-state index in [1.54, 1.807) is 0 Å². The van der Waals surface area contributed by atoms with Crippen LogP contribution in [0.5, 0.6) is 11.5 Å². The number of carbonyl (C=O) groups excluding carboxylic acids is 1. The predicted octanol–water partition coefficient (Wildman–Crippen LogP) is 0.669. The molecule has 3 nitrogen and oxygen atoms in total. The van der Waals surface area contributed by atoms with Crippen LogP contribution in [0.25, 0.3) is 0 Å². The number of esters is 1. The van der Waals surface area contributed by atoms with Crippen LogP contribution in [-0.2, 0) is 4.79 Å². The van der Waals surface area contributed by atoms with Crippen LogP contribution in [-0.4, -0.2) is 29.9 Å². The molecular weight excluding hydrogens is 151 g/mol. The molecule has 0 spiro atoms. The Kier molecular flexibility index (Phi) is 4.49. The zero-order valence-electron chi connectivity index (χ0n) is 6.07. The molecule has 0 fully saturated rings. The maximum absolute atomic E-state index is 10.4. The monoisotopic (exact) mass is 160 g/mol. The fourth-order valence-electron chi connectivity index (χ4n) is 0.680. The maximum atomic E-state index is 10.4. The molecule has 1 aromatic rings. The minimum atomic E-state index is -0.365. The number of carbonyl (C=O) groups is 1. The van der Waals surface area contributed by atoms with Gasteiger partial charge in [-0.25, -0.2) is 0 Å². The first-order valence-corrected chi connectivity index (χ1v) is 3.16. The third-order valence-corrected chi connectivity index (χ3v) is 1.10. The van der Waals surface area contributed by atoms with Crippen LogP contribution >= 0.6 is 0 Å². The van der Waals surface area contributed by atoms with Gasteiger partial charge in [0.1, 0.15) is 11.5 Å². The van der Waals surface area contributed by atoms with Gasteiger partial charge in [-0.15, -0.1) is 0 Å². The molecule has 12 heavy (non-hydrogen) atoms. The molecule has 0 aromatic heterocycles. The predicted molar refractivity (Wildman–Crippen MR) is 46.6 cm³/mol. The van der Waals surface area contributed by atoms with Crippen LogP contribution < -0.4 is 4.74 Å². The van der Waals surface area contributed by atoms with Crippen LogP contribution in [0.15, 0.2) is 24.3 Å². The van der Waals surface area contributed by atoms with Gasteiger partial charge in [0.15, 0.2) is 0 Å². The van der Waals surface area contributed by atoms with Gasteiger partial charge in [0, 0.05) is 6.92 Å². The van der Waals surface area contributed by atoms with Gasteiger partial charge >= 0.3 is 24.8 Å². The molecule has 4 heteroatoms. The summed E-state index contributed by atoms with van der Waals surface area (Å²) >= 11 is 0. The van der Waals surface area contributed by atoms with Gasteiger partial charge in [0.05, 0.1) is 0 Å². The Morgan fingerprint density at radius 1 is 1.33 bits per heavy atom. The van der Waals surface area contributed by atoms with Crippen molar-refractivity contribution in [2.75, 3.05) is 0 Å². The van der Waals surface area contributed by atoms with Crippen molar-refractivity contribution in [3.05, 3.63) is 24.3 Å². The number of phenolic OH excluding ortho intramolecular Hbond substituents is 1. The fraction of sp³-hybridized carbons (Fsp3) is 0.125. The number of ether oxygens (including phenoxy) is 1. The normalized spacial score (nSPS) is 8.42. The van der Waals surface area contributed by atoms with Gasteiger partial charge < -0.3 is 9.84 Å². The van der Waals surface area contributed by atoms with Crippen LogP contribution in [0.4, 0.5) is 0 Å². The van der Waals surface area contributed by atoms with Crippen molar-refractivity contribution < 1.29 is 14.6 Å². The molecule has 0 aliphatic carbocycles. The van der Waals surface area contributed by atoms with Crippen molar-refractivity contribution in [2.45, 2.75) is 6.92 Å². The number of rotatable bonds is 1. The second kappa shape index (κ2) is 4.86. The molecule has 0 saturated carbocycles. The molecule has 0 amide bonds. The fourth-order valence-corrected chi connectivity index (χ4v) is 0.680. The van der Waals surface area contributed by atoms with Crippen molar-refractivity contribution in [2.24, 2.45) is 0 Å². The van der Waals surface area contributed by atoms with E-state index in [0.717, 1.165) is 0 Å². The molecule has 0 saturated heterocycles. The topological polar surface area (TPSA) is 46.5 Å². The summed E-state index contributed by atoms with van der Waals surface area (Å²) < 4.78 is 4.72. The third-order valence-electron chi connectivity index (χ3n) is 1.10. The van der Waals surface area contributed by atoms with Crippen LogP contribution in [0.1, 0.15) is 6.92 Å². The third kappa shape index (κ3) is 3.47. The van der Waals surface area contributed by atoms with Crippen LogP contribution in [0, 0.1) is 0 Å². The molecule has 0 radical (unpaired) electrons. The molecule has 0 heterocycles. The van der Waals surface area contributed by atoms with Gasteiger partial charge in [0.25, 0.3) is 0 Å². The average molecular weight is 160 g/mol. The Bertz CT molecular complexity index is 256. The van der Waals surface area contributed by atoms with Gasteiger partial charge in [-0.2, -0.15) is 0 Å². The SMILES string of the molecule is CC(=O)Oc1ccc(O)cc1.[LiH]. The van der Waals surface area contributed by atoms with Crippen LogP contribution in [0.2, 0.25) is 0 Å². The van der Waals surface area contributed by atoms with E-state index >= 15 is 0 Å². The summed E-state index contributed by atoms with van der Waals surface area (Å²) in [6, 6.07) is 5.96. The Morgan fingerprint density at radius 2 is 1.83 bits per heavy atom. The number of benzene rings is 1. The molecule has 0 unspecified atom stereocenters. The molecule has 0 atom stereocenters. The summed E-state index contributed by atoms with van der Waals surface area (Å²) in [5, 5.41) is 8.85. The van der Waals surface area contributed by atoms with Crippen molar-refractivity contribution in [1.82, 2.24) is 0 Å². The Hall–Kier alpha value is -0.913. The number of hydrogen-bond donors (Lipinski definition) is 1. The van der Waals surface area contributed by atoms with Gasteiger partial charge in [-0.3, -0.25) is 4.79 Å². The van der Waals surface area contributed by atoms with Gasteiger partial charge in [0.2, 0.25) is 0 Å². The molecular formula is C8H9LiO3.